The smallest absolute Gasteiger partial charge is 0.410 e. The van der Waals surface area contributed by atoms with E-state index in [9.17, 15) is 4.79 Å². The van der Waals surface area contributed by atoms with Crippen molar-refractivity contribution >= 4 is 6.09 Å². The second-order valence-corrected chi connectivity index (χ2v) is 4.33. The number of carbonyl (C=O) groups is 1. The summed E-state index contributed by atoms with van der Waals surface area (Å²) in [5.41, 5.74) is -0.180. The first-order valence-corrected chi connectivity index (χ1v) is 4.76. The van der Waals surface area contributed by atoms with E-state index in [4.69, 9.17) is 4.74 Å². The van der Waals surface area contributed by atoms with Crippen LogP contribution in [0.5, 0.6) is 0 Å². The zero-order valence-electron chi connectivity index (χ0n) is 9.55. The molecule has 78 valence electrons. The van der Waals surface area contributed by atoms with Crippen molar-refractivity contribution in [3.8, 4) is 0 Å². The molecule has 13 heavy (non-hydrogen) atoms. The fourth-order valence-corrected chi connectivity index (χ4v) is 1.45. The molecule has 0 spiro atoms. The summed E-state index contributed by atoms with van der Waals surface area (Å²) in [7, 11) is 0. The van der Waals surface area contributed by atoms with Gasteiger partial charge in [0.25, 0.3) is 0 Å². The van der Waals surface area contributed by atoms with Gasteiger partial charge in [-0.05, 0) is 41.5 Å². The lowest BCUT2D eigenvalue weighted by atomic mass is 10.0. The van der Waals surface area contributed by atoms with Crippen LogP contribution >= 0.6 is 0 Å². The van der Waals surface area contributed by atoms with Gasteiger partial charge in [-0.15, -0.1) is 0 Å². The zero-order valence-corrected chi connectivity index (χ0v) is 9.55. The molecule has 0 bridgehead atoms. The van der Waals surface area contributed by atoms with Crippen molar-refractivity contribution in [1.29, 1.82) is 0 Å². The number of hydrogen-bond donors (Lipinski definition) is 0. The summed E-state index contributed by atoms with van der Waals surface area (Å²) in [5, 5.41) is 0. The Morgan fingerprint density at radius 3 is 2.08 bits per heavy atom. The molecular weight excluding hydrogens is 166 g/mol. The SMILES string of the molecule is CCOC(=O)N(C(C)C)C(C)(C)C. The van der Waals surface area contributed by atoms with Gasteiger partial charge in [0, 0.05) is 11.6 Å². The van der Waals surface area contributed by atoms with Gasteiger partial charge in [0.2, 0.25) is 0 Å². The molecule has 0 aromatic heterocycles. The highest BCUT2D eigenvalue weighted by Gasteiger charge is 2.29. The Morgan fingerprint density at radius 1 is 1.38 bits per heavy atom. The topological polar surface area (TPSA) is 29.5 Å². The average molecular weight is 187 g/mol. The van der Waals surface area contributed by atoms with Gasteiger partial charge in [0.15, 0.2) is 0 Å². The molecule has 0 aliphatic rings. The molecule has 1 amide bonds. The van der Waals surface area contributed by atoms with Crippen molar-refractivity contribution in [1.82, 2.24) is 4.90 Å². The number of ether oxygens (including phenoxy) is 1. The van der Waals surface area contributed by atoms with Crippen molar-refractivity contribution in [2.24, 2.45) is 0 Å². The van der Waals surface area contributed by atoms with Crippen molar-refractivity contribution in [2.45, 2.75) is 53.1 Å². The van der Waals surface area contributed by atoms with E-state index in [1.54, 1.807) is 4.90 Å². The summed E-state index contributed by atoms with van der Waals surface area (Å²) < 4.78 is 4.98. The predicted octanol–water partition coefficient (Wildman–Crippen LogP) is 2.65. The van der Waals surface area contributed by atoms with Crippen molar-refractivity contribution in [3.05, 3.63) is 0 Å². The summed E-state index contributed by atoms with van der Waals surface area (Å²) in [4.78, 5) is 13.3. The number of hydrogen-bond acceptors (Lipinski definition) is 2. The molecule has 0 fully saturated rings. The van der Waals surface area contributed by atoms with Gasteiger partial charge >= 0.3 is 6.09 Å². The molecule has 0 aliphatic carbocycles. The van der Waals surface area contributed by atoms with E-state index in [0.29, 0.717) is 6.61 Å². The molecule has 0 N–H and O–H groups in total. The maximum Gasteiger partial charge on any atom is 0.410 e. The average Bonchev–Trinajstić information content (AvgIpc) is 1.82. The monoisotopic (exact) mass is 187 g/mol. The number of rotatable bonds is 2. The highest BCUT2D eigenvalue weighted by molar-refractivity contribution is 5.68. The van der Waals surface area contributed by atoms with E-state index in [1.807, 2.05) is 41.5 Å². The molecular formula is C10H21NO2. The quantitative estimate of drug-likeness (QED) is 0.665. The van der Waals surface area contributed by atoms with Crippen LogP contribution in [-0.2, 0) is 4.74 Å². The Morgan fingerprint density at radius 2 is 1.85 bits per heavy atom. The minimum atomic E-state index is -0.231. The van der Waals surface area contributed by atoms with Crippen LogP contribution in [0.1, 0.15) is 41.5 Å². The van der Waals surface area contributed by atoms with E-state index < -0.39 is 0 Å². The molecule has 3 heteroatoms. The second kappa shape index (κ2) is 4.49. The van der Waals surface area contributed by atoms with Crippen molar-refractivity contribution in [2.75, 3.05) is 6.61 Å². The minimum Gasteiger partial charge on any atom is -0.450 e. The van der Waals surface area contributed by atoms with Crippen LogP contribution < -0.4 is 0 Å². The summed E-state index contributed by atoms with van der Waals surface area (Å²) in [5.74, 6) is 0. The van der Waals surface area contributed by atoms with Crippen LogP contribution in [0, 0.1) is 0 Å². The van der Waals surface area contributed by atoms with E-state index >= 15 is 0 Å². The van der Waals surface area contributed by atoms with Crippen LogP contribution in [-0.4, -0.2) is 29.2 Å². The lowest BCUT2D eigenvalue weighted by Crippen LogP contribution is -2.49. The van der Waals surface area contributed by atoms with E-state index in [2.05, 4.69) is 0 Å². The summed E-state index contributed by atoms with van der Waals surface area (Å²) in [6, 6.07) is 0.166. The fraction of sp³-hybridized carbons (Fsp3) is 0.900. The predicted molar refractivity (Wildman–Crippen MR) is 53.8 cm³/mol. The highest BCUT2D eigenvalue weighted by Crippen LogP contribution is 2.17. The maximum atomic E-state index is 11.5. The van der Waals surface area contributed by atoms with Gasteiger partial charge in [-0.3, -0.25) is 0 Å². The van der Waals surface area contributed by atoms with Crippen molar-refractivity contribution in [3.63, 3.8) is 0 Å². The molecule has 3 nitrogen and oxygen atoms in total. The van der Waals surface area contributed by atoms with Crippen LogP contribution in [0.15, 0.2) is 0 Å². The lowest BCUT2D eigenvalue weighted by Gasteiger charge is -2.37. The highest BCUT2D eigenvalue weighted by atomic mass is 16.6. The van der Waals surface area contributed by atoms with E-state index in [-0.39, 0.29) is 17.7 Å². The maximum absolute atomic E-state index is 11.5. The normalized spacial score (nSPS) is 11.6. The first-order chi connectivity index (χ1) is 5.80. The second-order valence-electron chi connectivity index (χ2n) is 4.33. The van der Waals surface area contributed by atoms with Gasteiger partial charge in [-0.1, -0.05) is 0 Å². The molecule has 0 aromatic carbocycles. The van der Waals surface area contributed by atoms with Crippen LogP contribution in [0.4, 0.5) is 4.79 Å². The van der Waals surface area contributed by atoms with E-state index in [0.717, 1.165) is 0 Å². The molecule has 0 unspecified atom stereocenters. The minimum absolute atomic E-state index is 0.166. The third kappa shape index (κ3) is 3.66. The number of nitrogens with zero attached hydrogens (tertiary/aromatic N) is 1. The third-order valence-corrected chi connectivity index (χ3v) is 1.70. The molecule has 0 saturated heterocycles. The van der Waals surface area contributed by atoms with Gasteiger partial charge in [-0.2, -0.15) is 0 Å². The molecule has 0 saturated carbocycles. The van der Waals surface area contributed by atoms with Crippen LogP contribution in [0.25, 0.3) is 0 Å². The van der Waals surface area contributed by atoms with Gasteiger partial charge in [-0.25, -0.2) is 4.79 Å². The number of amides is 1. The molecule has 0 atom stereocenters. The van der Waals surface area contributed by atoms with Gasteiger partial charge in [0.1, 0.15) is 0 Å². The summed E-state index contributed by atoms with van der Waals surface area (Å²) in [6.07, 6.45) is -0.231. The van der Waals surface area contributed by atoms with E-state index in [1.165, 1.54) is 0 Å². The summed E-state index contributed by atoms with van der Waals surface area (Å²) >= 11 is 0. The Labute approximate surface area is 81.1 Å². The first kappa shape index (κ1) is 12.3. The van der Waals surface area contributed by atoms with Crippen LogP contribution in [0.3, 0.4) is 0 Å². The van der Waals surface area contributed by atoms with Gasteiger partial charge < -0.3 is 9.64 Å². The van der Waals surface area contributed by atoms with Crippen molar-refractivity contribution < 1.29 is 9.53 Å². The Bertz CT molecular complexity index is 170. The third-order valence-electron chi connectivity index (χ3n) is 1.70. The van der Waals surface area contributed by atoms with Crippen LogP contribution in [0.2, 0.25) is 0 Å². The van der Waals surface area contributed by atoms with Gasteiger partial charge in [0.05, 0.1) is 6.61 Å². The molecule has 0 radical (unpaired) electrons. The Balaban J connectivity index is 4.52. The molecule has 0 heterocycles. The molecule has 0 aliphatic heterocycles. The standard InChI is InChI=1S/C10H21NO2/c1-7-13-9(12)11(8(2)3)10(4,5)6/h8H,7H2,1-6H3. The molecule has 0 aromatic rings. The Kier molecular flexibility index (Phi) is 4.24. The summed E-state index contributed by atoms with van der Waals surface area (Å²) in [6.45, 7) is 12.2. The largest absolute Gasteiger partial charge is 0.450 e. The fourth-order valence-electron chi connectivity index (χ4n) is 1.45. The first-order valence-electron chi connectivity index (χ1n) is 4.76. The lowest BCUT2D eigenvalue weighted by molar-refractivity contribution is 0.0552. The number of carbonyl (C=O) groups excluding carboxylic acids is 1. The molecule has 0 rings (SSSR count). The Hall–Kier alpha value is -0.730. The zero-order chi connectivity index (χ0) is 10.6.